The topological polar surface area (TPSA) is 81.7 Å². The van der Waals surface area contributed by atoms with Crippen molar-refractivity contribution in [3.05, 3.63) is 70.3 Å². The van der Waals surface area contributed by atoms with E-state index in [4.69, 9.17) is 9.47 Å². The fourth-order valence-corrected chi connectivity index (χ4v) is 3.35. The molecule has 0 aromatic heterocycles. The molecule has 0 radical (unpaired) electrons. The van der Waals surface area contributed by atoms with Crippen LogP contribution >= 0.6 is 0 Å². The van der Waals surface area contributed by atoms with Gasteiger partial charge in [-0.05, 0) is 56.0 Å². The van der Waals surface area contributed by atoms with E-state index < -0.39 is 11.9 Å². The maximum absolute atomic E-state index is 12.8. The van der Waals surface area contributed by atoms with E-state index in [2.05, 4.69) is 17.4 Å². The standard InChI is InChI=1S/C22H23NO5/c1-3-27-21(25)17-9-16(10-18(11-17)22(26)28-4-2)20(24)23-19-12-14-7-5-6-8-15(14)13-19/h5-11,19H,3-4,12-13H2,1-2H3,(H,23,24). The van der Waals surface area contributed by atoms with Gasteiger partial charge in [-0.1, -0.05) is 24.3 Å². The number of carbonyl (C=O) groups is 3. The SMILES string of the molecule is CCOC(=O)c1cc(C(=O)NC2Cc3ccccc3C2)cc(C(=O)OCC)c1. The van der Waals surface area contributed by atoms with Gasteiger partial charge in [0.25, 0.3) is 5.91 Å². The summed E-state index contributed by atoms with van der Waals surface area (Å²) in [6.07, 6.45) is 1.51. The Morgan fingerprint density at radius 2 is 1.32 bits per heavy atom. The second kappa shape index (κ2) is 8.69. The minimum atomic E-state index is -0.587. The van der Waals surface area contributed by atoms with E-state index in [1.165, 1.54) is 29.3 Å². The minimum Gasteiger partial charge on any atom is -0.462 e. The second-order valence-corrected chi connectivity index (χ2v) is 6.59. The lowest BCUT2D eigenvalue weighted by atomic mass is 10.0. The summed E-state index contributed by atoms with van der Waals surface area (Å²) in [4.78, 5) is 37.1. The van der Waals surface area contributed by atoms with E-state index >= 15 is 0 Å². The van der Waals surface area contributed by atoms with Crippen LogP contribution in [0, 0.1) is 0 Å². The zero-order valence-electron chi connectivity index (χ0n) is 16.0. The Kier molecular flexibility index (Phi) is 6.09. The third-order valence-corrected chi connectivity index (χ3v) is 4.60. The van der Waals surface area contributed by atoms with Crippen molar-refractivity contribution in [3.8, 4) is 0 Å². The monoisotopic (exact) mass is 381 g/mol. The number of hydrogen-bond acceptors (Lipinski definition) is 5. The summed E-state index contributed by atoms with van der Waals surface area (Å²) in [6.45, 7) is 3.78. The van der Waals surface area contributed by atoms with Crippen LogP contribution in [0.3, 0.4) is 0 Å². The lowest BCUT2D eigenvalue weighted by molar-refractivity contribution is 0.0525. The van der Waals surface area contributed by atoms with Crippen LogP contribution in [0.25, 0.3) is 0 Å². The Morgan fingerprint density at radius 1 is 0.857 bits per heavy atom. The van der Waals surface area contributed by atoms with Crippen LogP contribution in [-0.4, -0.2) is 37.1 Å². The molecule has 1 aliphatic carbocycles. The summed E-state index contributed by atoms with van der Waals surface area (Å²) >= 11 is 0. The molecule has 0 aliphatic heterocycles. The third kappa shape index (κ3) is 4.39. The Hall–Kier alpha value is -3.15. The average molecular weight is 381 g/mol. The molecule has 0 saturated heterocycles. The van der Waals surface area contributed by atoms with E-state index in [0.29, 0.717) is 0 Å². The fraction of sp³-hybridized carbons (Fsp3) is 0.318. The number of ether oxygens (including phenoxy) is 2. The highest BCUT2D eigenvalue weighted by Gasteiger charge is 2.24. The first-order chi connectivity index (χ1) is 13.5. The first kappa shape index (κ1) is 19.6. The van der Waals surface area contributed by atoms with Crippen molar-refractivity contribution in [2.24, 2.45) is 0 Å². The molecule has 3 rings (SSSR count). The van der Waals surface area contributed by atoms with Crippen molar-refractivity contribution >= 4 is 17.8 Å². The van der Waals surface area contributed by atoms with Gasteiger partial charge in [-0.2, -0.15) is 0 Å². The van der Waals surface area contributed by atoms with Crippen LogP contribution in [-0.2, 0) is 22.3 Å². The number of rotatable bonds is 6. The second-order valence-electron chi connectivity index (χ2n) is 6.59. The molecule has 2 aromatic rings. The summed E-state index contributed by atoms with van der Waals surface area (Å²) in [5.41, 5.74) is 2.96. The van der Waals surface area contributed by atoms with Crippen molar-refractivity contribution in [2.75, 3.05) is 13.2 Å². The molecule has 6 heteroatoms. The van der Waals surface area contributed by atoms with Crippen molar-refractivity contribution < 1.29 is 23.9 Å². The Bertz CT molecular complexity index is 844. The summed E-state index contributed by atoms with van der Waals surface area (Å²) in [5, 5.41) is 3.00. The average Bonchev–Trinajstić information content (AvgIpc) is 3.10. The highest BCUT2D eigenvalue weighted by molar-refractivity contribution is 6.02. The molecule has 6 nitrogen and oxygen atoms in total. The molecule has 0 unspecified atom stereocenters. The van der Waals surface area contributed by atoms with Gasteiger partial charge in [0, 0.05) is 11.6 Å². The lowest BCUT2D eigenvalue weighted by Crippen LogP contribution is -2.35. The van der Waals surface area contributed by atoms with Crippen molar-refractivity contribution in [2.45, 2.75) is 32.7 Å². The first-order valence-corrected chi connectivity index (χ1v) is 9.38. The molecule has 146 valence electrons. The molecule has 0 saturated carbocycles. The summed E-state index contributed by atoms with van der Waals surface area (Å²) in [6, 6.07) is 12.3. The molecule has 0 heterocycles. The fourth-order valence-electron chi connectivity index (χ4n) is 3.35. The van der Waals surface area contributed by atoms with Gasteiger partial charge < -0.3 is 14.8 Å². The number of amides is 1. The van der Waals surface area contributed by atoms with E-state index in [1.54, 1.807) is 13.8 Å². The Labute approximate surface area is 163 Å². The molecule has 0 atom stereocenters. The zero-order valence-corrected chi connectivity index (χ0v) is 16.0. The quantitative estimate of drug-likeness (QED) is 0.778. The molecule has 1 N–H and O–H groups in total. The number of fused-ring (bicyclic) bond motifs is 1. The van der Waals surface area contributed by atoms with E-state index in [9.17, 15) is 14.4 Å². The molecular formula is C22H23NO5. The predicted molar refractivity (Wildman–Crippen MR) is 103 cm³/mol. The van der Waals surface area contributed by atoms with Crippen molar-refractivity contribution in [1.29, 1.82) is 0 Å². The van der Waals surface area contributed by atoms with Crippen LogP contribution < -0.4 is 5.32 Å². The van der Waals surface area contributed by atoms with Gasteiger partial charge in [0.2, 0.25) is 0 Å². The number of hydrogen-bond donors (Lipinski definition) is 1. The van der Waals surface area contributed by atoms with E-state index in [1.807, 2.05) is 12.1 Å². The van der Waals surface area contributed by atoms with Crippen molar-refractivity contribution in [3.63, 3.8) is 0 Å². The van der Waals surface area contributed by atoms with Gasteiger partial charge in [0.05, 0.1) is 24.3 Å². The number of nitrogens with one attached hydrogen (secondary N) is 1. The summed E-state index contributed by atoms with van der Waals surface area (Å²) in [7, 11) is 0. The molecule has 0 spiro atoms. The van der Waals surface area contributed by atoms with Crippen LogP contribution in [0.2, 0.25) is 0 Å². The Morgan fingerprint density at radius 3 is 1.79 bits per heavy atom. The highest BCUT2D eigenvalue weighted by atomic mass is 16.5. The number of benzene rings is 2. The van der Waals surface area contributed by atoms with Gasteiger partial charge in [-0.15, -0.1) is 0 Å². The number of carbonyl (C=O) groups excluding carboxylic acids is 3. The van der Waals surface area contributed by atoms with Crippen molar-refractivity contribution in [1.82, 2.24) is 5.32 Å². The van der Waals surface area contributed by atoms with E-state index in [-0.39, 0.29) is 41.9 Å². The molecular weight excluding hydrogens is 358 g/mol. The largest absolute Gasteiger partial charge is 0.462 e. The molecule has 2 aromatic carbocycles. The molecule has 0 fully saturated rings. The minimum absolute atomic E-state index is 0.0257. The normalized spacial score (nSPS) is 12.9. The van der Waals surface area contributed by atoms with Gasteiger partial charge in [0.1, 0.15) is 0 Å². The maximum atomic E-state index is 12.8. The molecule has 0 bridgehead atoms. The van der Waals surface area contributed by atoms with Crippen LogP contribution in [0.15, 0.2) is 42.5 Å². The molecule has 1 amide bonds. The summed E-state index contributed by atoms with van der Waals surface area (Å²) in [5.74, 6) is -1.51. The van der Waals surface area contributed by atoms with Gasteiger partial charge >= 0.3 is 11.9 Å². The molecule has 28 heavy (non-hydrogen) atoms. The van der Waals surface area contributed by atoms with Gasteiger partial charge in [0.15, 0.2) is 0 Å². The highest BCUT2D eigenvalue weighted by Crippen LogP contribution is 2.22. The predicted octanol–water partition coefficient (Wildman–Crippen LogP) is 2.94. The number of esters is 2. The van der Waals surface area contributed by atoms with Crippen LogP contribution in [0.5, 0.6) is 0 Å². The maximum Gasteiger partial charge on any atom is 0.338 e. The smallest absolute Gasteiger partial charge is 0.338 e. The summed E-state index contributed by atoms with van der Waals surface area (Å²) < 4.78 is 10.0. The third-order valence-electron chi connectivity index (χ3n) is 4.60. The first-order valence-electron chi connectivity index (χ1n) is 9.38. The van der Waals surface area contributed by atoms with Gasteiger partial charge in [-0.3, -0.25) is 4.79 Å². The van der Waals surface area contributed by atoms with Crippen LogP contribution in [0.4, 0.5) is 0 Å². The van der Waals surface area contributed by atoms with Crippen LogP contribution in [0.1, 0.15) is 56.0 Å². The zero-order chi connectivity index (χ0) is 20.1. The van der Waals surface area contributed by atoms with E-state index in [0.717, 1.165) is 12.8 Å². The lowest BCUT2D eigenvalue weighted by Gasteiger charge is -2.14. The molecule has 1 aliphatic rings. The Balaban J connectivity index is 1.82. The van der Waals surface area contributed by atoms with Gasteiger partial charge in [-0.25, -0.2) is 9.59 Å².